The second kappa shape index (κ2) is 9.38. The van der Waals surface area contributed by atoms with Gasteiger partial charge in [-0.3, -0.25) is 9.59 Å². The van der Waals surface area contributed by atoms with Crippen LogP contribution in [-0.2, 0) is 16.0 Å². The van der Waals surface area contributed by atoms with E-state index in [0.717, 1.165) is 16.5 Å². The molecule has 0 aliphatic carbocycles. The molecule has 1 heterocycles. The lowest BCUT2D eigenvalue weighted by Crippen LogP contribution is -2.35. The Morgan fingerprint density at radius 1 is 1.03 bits per heavy atom. The first kappa shape index (κ1) is 23.0. The number of ether oxygens (including phenoxy) is 1. The fourth-order valence-corrected chi connectivity index (χ4v) is 3.70. The van der Waals surface area contributed by atoms with Crippen molar-refractivity contribution in [1.29, 1.82) is 0 Å². The Kier molecular flexibility index (Phi) is 6.36. The lowest BCUT2D eigenvalue weighted by molar-refractivity contribution is -0.116. The highest BCUT2D eigenvalue weighted by molar-refractivity contribution is 6.00. The molecule has 1 aliphatic rings. The highest BCUT2D eigenvalue weighted by atomic mass is 19.2. The third kappa shape index (κ3) is 4.63. The van der Waals surface area contributed by atoms with Crippen molar-refractivity contribution >= 4 is 23.5 Å². The van der Waals surface area contributed by atoms with Gasteiger partial charge in [-0.2, -0.15) is 0 Å². The van der Waals surface area contributed by atoms with Crippen LogP contribution in [0, 0.1) is 17.5 Å². The molecule has 0 spiro atoms. The van der Waals surface area contributed by atoms with E-state index in [0.29, 0.717) is 23.6 Å². The van der Waals surface area contributed by atoms with Crippen molar-refractivity contribution < 1.29 is 32.3 Å². The number of halogens is 3. The van der Waals surface area contributed by atoms with E-state index >= 15 is 0 Å². The fraction of sp³-hybridized carbons (Fsp3) is 0.160. The van der Waals surface area contributed by atoms with Gasteiger partial charge in [0.15, 0.2) is 17.5 Å². The van der Waals surface area contributed by atoms with Gasteiger partial charge in [-0.1, -0.05) is 30.3 Å². The largest absolute Gasteiger partial charge is 0.454 e. The summed E-state index contributed by atoms with van der Waals surface area (Å²) in [6.07, 6.45) is -0.104. The number of rotatable bonds is 5. The minimum Gasteiger partial charge on any atom is -0.454 e. The van der Waals surface area contributed by atoms with Gasteiger partial charge in [0, 0.05) is 19.0 Å². The zero-order valence-corrected chi connectivity index (χ0v) is 18.0. The first-order valence-corrected chi connectivity index (χ1v) is 10.3. The molecule has 0 fully saturated rings. The Morgan fingerprint density at radius 2 is 1.76 bits per heavy atom. The second-order valence-electron chi connectivity index (χ2n) is 7.81. The van der Waals surface area contributed by atoms with Crippen LogP contribution in [-0.4, -0.2) is 36.3 Å². The van der Waals surface area contributed by atoms with Crippen molar-refractivity contribution in [3.8, 4) is 0 Å². The summed E-state index contributed by atoms with van der Waals surface area (Å²) in [6.45, 7) is -0.469. The summed E-state index contributed by atoms with van der Waals surface area (Å²) in [5.41, 5.74) is 1.53. The average molecular weight is 468 g/mol. The quantitative estimate of drug-likeness (QED) is 0.448. The molecule has 2 amide bonds. The number of amides is 2. The van der Waals surface area contributed by atoms with Crippen LogP contribution in [0.15, 0.2) is 60.7 Å². The van der Waals surface area contributed by atoms with Crippen molar-refractivity contribution in [2.24, 2.45) is 0 Å². The van der Waals surface area contributed by atoms with Crippen molar-refractivity contribution in [3.05, 3.63) is 100 Å². The van der Waals surface area contributed by atoms with E-state index < -0.39 is 53.6 Å². The van der Waals surface area contributed by atoms with E-state index in [1.807, 2.05) is 30.3 Å². The van der Waals surface area contributed by atoms with Crippen LogP contribution in [0.25, 0.3) is 0 Å². The highest BCUT2D eigenvalue weighted by Gasteiger charge is 2.28. The number of carbonyl (C=O) groups is 3. The number of esters is 1. The monoisotopic (exact) mass is 468 g/mol. The molecule has 0 radical (unpaired) electrons. The fourth-order valence-electron chi connectivity index (χ4n) is 3.70. The van der Waals surface area contributed by atoms with Crippen LogP contribution in [0.4, 0.5) is 18.9 Å². The molecule has 3 aromatic rings. The number of likely N-dealkylation sites (N-methyl/N-ethyl adjacent to an activating group) is 1. The third-order valence-corrected chi connectivity index (χ3v) is 5.43. The van der Waals surface area contributed by atoms with Gasteiger partial charge >= 0.3 is 5.97 Å². The predicted molar refractivity (Wildman–Crippen MR) is 117 cm³/mol. The molecule has 34 heavy (non-hydrogen) atoms. The van der Waals surface area contributed by atoms with Gasteiger partial charge in [0.05, 0.1) is 17.8 Å². The zero-order valence-electron chi connectivity index (χ0n) is 18.0. The average Bonchev–Trinajstić information content (AvgIpc) is 2.84. The van der Waals surface area contributed by atoms with Crippen LogP contribution in [0.1, 0.15) is 37.9 Å². The third-order valence-electron chi connectivity index (χ3n) is 5.43. The summed E-state index contributed by atoms with van der Waals surface area (Å²) in [5.74, 6) is -6.42. The molecule has 174 valence electrons. The SMILES string of the molecule is CN(CC(=O)Nc1ccc(F)c(F)c1F)C(=O)c1ccc2c(c1)C[C@H](c1ccccc1)OC2=O. The van der Waals surface area contributed by atoms with Gasteiger partial charge in [0.2, 0.25) is 5.91 Å². The molecule has 9 heteroatoms. The molecular formula is C25H19F3N2O4. The number of nitrogens with zero attached hydrogens (tertiary/aromatic N) is 1. The standard InChI is InChI=1S/C25H19F3N2O4/c1-30(13-21(31)29-19-10-9-18(26)22(27)23(19)28)24(32)15-7-8-17-16(11-15)12-20(34-25(17)33)14-5-3-2-4-6-14/h2-11,20H,12-13H2,1H3,(H,29,31)/t20-/m1/s1. The topological polar surface area (TPSA) is 75.7 Å². The Labute approximate surface area is 192 Å². The van der Waals surface area contributed by atoms with Crippen LogP contribution in [0.3, 0.4) is 0 Å². The van der Waals surface area contributed by atoms with Crippen LogP contribution in [0.5, 0.6) is 0 Å². The van der Waals surface area contributed by atoms with E-state index in [-0.39, 0.29) is 5.56 Å². The van der Waals surface area contributed by atoms with Gasteiger partial charge in [-0.15, -0.1) is 0 Å². The van der Waals surface area contributed by atoms with Gasteiger partial charge < -0.3 is 15.0 Å². The minimum atomic E-state index is -1.70. The number of hydrogen-bond donors (Lipinski definition) is 1. The molecule has 0 aromatic heterocycles. The van der Waals surface area contributed by atoms with Crippen molar-refractivity contribution in [2.75, 3.05) is 18.9 Å². The second-order valence-corrected chi connectivity index (χ2v) is 7.81. The number of anilines is 1. The first-order chi connectivity index (χ1) is 16.2. The summed E-state index contributed by atoms with van der Waals surface area (Å²) in [5, 5.41) is 2.12. The Hall–Kier alpha value is -4.14. The summed E-state index contributed by atoms with van der Waals surface area (Å²) < 4.78 is 45.7. The number of carbonyl (C=O) groups excluding carboxylic acids is 3. The first-order valence-electron chi connectivity index (χ1n) is 10.3. The van der Waals surface area contributed by atoms with Crippen molar-refractivity contribution in [1.82, 2.24) is 4.90 Å². The molecule has 0 bridgehead atoms. The van der Waals surface area contributed by atoms with Crippen LogP contribution >= 0.6 is 0 Å². The molecule has 3 aromatic carbocycles. The summed E-state index contributed by atoms with van der Waals surface area (Å²) in [4.78, 5) is 38.6. The Bertz CT molecular complexity index is 1280. The minimum absolute atomic E-state index is 0.245. The Morgan fingerprint density at radius 3 is 2.50 bits per heavy atom. The maximum atomic E-state index is 13.8. The Balaban J connectivity index is 1.46. The predicted octanol–water partition coefficient (Wildman–Crippen LogP) is 4.27. The maximum Gasteiger partial charge on any atom is 0.339 e. The van der Waals surface area contributed by atoms with Crippen molar-refractivity contribution in [3.63, 3.8) is 0 Å². The molecular weight excluding hydrogens is 449 g/mol. The lowest BCUT2D eigenvalue weighted by atomic mass is 9.93. The van der Waals surface area contributed by atoms with Gasteiger partial charge in [-0.05, 0) is 41.5 Å². The number of nitrogens with one attached hydrogen (secondary N) is 1. The molecule has 1 N–H and O–H groups in total. The molecule has 0 saturated heterocycles. The van der Waals surface area contributed by atoms with Crippen molar-refractivity contribution in [2.45, 2.75) is 12.5 Å². The molecule has 1 aliphatic heterocycles. The maximum absolute atomic E-state index is 13.8. The number of hydrogen-bond acceptors (Lipinski definition) is 4. The van der Waals surface area contributed by atoms with Crippen LogP contribution in [0.2, 0.25) is 0 Å². The number of benzene rings is 3. The van der Waals surface area contributed by atoms with E-state index in [4.69, 9.17) is 4.74 Å². The van der Waals surface area contributed by atoms with E-state index in [1.54, 1.807) is 6.07 Å². The van der Waals surface area contributed by atoms with Gasteiger partial charge in [-0.25, -0.2) is 18.0 Å². The lowest BCUT2D eigenvalue weighted by Gasteiger charge is -2.26. The summed E-state index contributed by atoms with van der Waals surface area (Å²) >= 11 is 0. The molecule has 0 saturated carbocycles. The highest BCUT2D eigenvalue weighted by Crippen LogP contribution is 2.31. The molecule has 6 nitrogen and oxygen atoms in total. The molecule has 4 rings (SSSR count). The smallest absolute Gasteiger partial charge is 0.339 e. The van der Waals surface area contributed by atoms with Crippen LogP contribution < -0.4 is 5.32 Å². The summed E-state index contributed by atoms with van der Waals surface area (Å²) in [6, 6.07) is 15.3. The molecule has 0 unspecified atom stereocenters. The van der Waals surface area contributed by atoms with E-state index in [1.165, 1.54) is 19.2 Å². The van der Waals surface area contributed by atoms with Gasteiger partial charge in [0.1, 0.15) is 6.10 Å². The van der Waals surface area contributed by atoms with Gasteiger partial charge in [0.25, 0.3) is 5.91 Å². The van der Waals surface area contributed by atoms with E-state index in [9.17, 15) is 27.6 Å². The van der Waals surface area contributed by atoms with E-state index in [2.05, 4.69) is 5.32 Å². The zero-order chi connectivity index (χ0) is 24.4. The number of fused-ring (bicyclic) bond motifs is 1. The number of cyclic esters (lactones) is 1. The molecule has 1 atom stereocenters. The normalized spacial score (nSPS) is 14.7. The summed E-state index contributed by atoms with van der Waals surface area (Å²) in [7, 11) is 1.37.